The Morgan fingerprint density at radius 1 is 1.18 bits per heavy atom. The number of oxazole rings is 1. The number of aromatic hydroxyl groups is 1. The van der Waals surface area contributed by atoms with Crippen LogP contribution in [-0.4, -0.2) is 87.6 Å². The molecule has 3 aliphatic carbocycles. The molecule has 1 aromatic heterocycles. The molecule has 12 heteroatoms. The highest BCUT2D eigenvalue weighted by molar-refractivity contribution is 6.24. The fraction of sp³-hybridized carbons (Fsp3) is 0.385. The van der Waals surface area contributed by atoms with Crippen molar-refractivity contribution in [2.75, 3.05) is 33.1 Å². The number of fused-ring (bicyclic) bond motifs is 3. The van der Waals surface area contributed by atoms with E-state index in [4.69, 9.17) is 10.2 Å². The molecule has 1 saturated carbocycles. The lowest BCUT2D eigenvalue weighted by Crippen LogP contribution is -2.65. The van der Waals surface area contributed by atoms with Crippen LogP contribution >= 0.6 is 0 Å². The van der Waals surface area contributed by atoms with Gasteiger partial charge in [0.2, 0.25) is 11.7 Å². The maximum absolute atomic E-state index is 14.0. The molecule has 0 radical (unpaired) electrons. The summed E-state index contributed by atoms with van der Waals surface area (Å²) < 4.78 is 5.35. The maximum atomic E-state index is 14.0. The molecule has 5 rings (SSSR count). The van der Waals surface area contributed by atoms with Gasteiger partial charge in [-0.25, -0.2) is 4.98 Å². The van der Waals surface area contributed by atoms with Crippen LogP contribution in [0.1, 0.15) is 17.5 Å². The van der Waals surface area contributed by atoms with Crippen LogP contribution in [0.3, 0.4) is 0 Å². The number of nitrogens with two attached hydrogens (primary N) is 1. The van der Waals surface area contributed by atoms with E-state index in [1.165, 1.54) is 17.4 Å². The molecule has 6 N–H and O–H groups in total. The van der Waals surface area contributed by atoms with E-state index >= 15 is 0 Å². The first-order valence-electron chi connectivity index (χ1n) is 11.9. The van der Waals surface area contributed by atoms with Crippen molar-refractivity contribution in [1.29, 1.82) is 0 Å². The summed E-state index contributed by atoms with van der Waals surface area (Å²) in [4.78, 5) is 46.6. The van der Waals surface area contributed by atoms with Gasteiger partial charge in [-0.3, -0.25) is 19.3 Å². The zero-order valence-corrected chi connectivity index (χ0v) is 21.2. The zero-order valence-electron chi connectivity index (χ0n) is 21.2. The maximum Gasteiger partial charge on any atom is 0.255 e. The van der Waals surface area contributed by atoms with E-state index in [0.717, 1.165) is 0 Å². The summed E-state index contributed by atoms with van der Waals surface area (Å²) in [7, 11) is 6.67. The Labute approximate surface area is 217 Å². The molecule has 1 heterocycles. The van der Waals surface area contributed by atoms with E-state index < -0.39 is 58.0 Å². The number of nitrogens with zero attached hydrogens (tertiary/aromatic N) is 3. The number of aromatic nitrogens is 1. The van der Waals surface area contributed by atoms with Gasteiger partial charge in [0.1, 0.15) is 29.1 Å². The minimum absolute atomic E-state index is 0.0148. The molecular weight excluding hydrogens is 496 g/mol. The van der Waals surface area contributed by atoms with E-state index in [0.29, 0.717) is 11.3 Å². The van der Waals surface area contributed by atoms with Gasteiger partial charge in [0.25, 0.3) is 5.91 Å². The van der Waals surface area contributed by atoms with Gasteiger partial charge >= 0.3 is 0 Å². The van der Waals surface area contributed by atoms with Crippen LogP contribution in [0.15, 0.2) is 39.8 Å². The lowest BCUT2D eigenvalue weighted by Gasteiger charge is -2.50. The topological polar surface area (TPSA) is 191 Å². The number of phenolic OH excluding ortho intramolecular Hbond substituents is 1. The SMILES string of the molecule is CN(C)c1cc(-c2ncco2)c(O)c2c1C[C@H]1C[C@H]3[C@H](N(C)C)C(=O)C(C(N)=O)=C(O)[C@@]3(O)C(=O)C1=C2O. The minimum Gasteiger partial charge on any atom is -0.508 e. The van der Waals surface area contributed by atoms with Crippen molar-refractivity contribution in [2.45, 2.75) is 24.5 Å². The summed E-state index contributed by atoms with van der Waals surface area (Å²) in [5.41, 5.74) is 2.93. The fourth-order valence-corrected chi connectivity index (χ4v) is 6.21. The Morgan fingerprint density at radius 3 is 2.42 bits per heavy atom. The van der Waals surface area contributed by atoms with Gasteiger partial charge in [0.05, 0.1) is 23.4 Å². The molecule has 0 saturated heterocycles. The van der Waals surface area contributed by atoms with Crippen molar-refractivity contribution in [2.24, 2.45) is 17.6 Å². The first-order chi connectivity index (χ1) is 17.8. The summed E-state index contributed by atoms with van der Waals surface area (Å²) in [6, 6.07) is 0.529. The molecule has 4 atom stereocenters. The third-order valence-electron chi connectivity index (χ3n) is 7.84. The Morgan fingerprint density at radius 2 is 1.87 bits per heavy atom. The number of hydrogen-bond donors (Lipinski definition) is 5. The number of ketones is 2. The van der Waals surface area contributed by atoms with E-state index in [1.54, 1.807) is 39.2 Å². The zero-order chi connectivity index (χ0) is 27.8. The van der Waals surface area contributed by atoms with Gasteiger partial charge in [-0.1, -0.05) is 0 Å². The molecule has 200 valence electrons. The number of amides is 1. The Hall–Kier alpha value is -4.16. The van der Waals surface area contributed by atoms with Crippen LogP contribution in [0.5, 0.6) is 5.75 Å². The summed E-state index contributed by atoms with van der Waals surface area (Å²) in [5.74, 6) is -6.92. The smallest absolute Gasteiger partial charge is 0.255 e. The highest BCUT2D eigenvalue weighted by atomic mass is 16.4. The van der Waals surface area contributed by atoms with E-state index in [-0.39, 0.29) is 41.2 Å². The van der Waals surface area contributed by atoms with Crippen LogP contribution in [0.4, 0.5) is 5.69 Å². The van der Waals surface area contributed by atoms with Gasteiger partial charge in [0, 0.05) is 31.3 Å². The van der Waals surface area contributed by atoms with Gasteiger partial charge in [0.15, 0.2) is 11.4 Å². The van der Waals surface area contributed by atoms with Crippen molar-refractivity contribution in [3.05, 3.63) is 46.6 Å². The second-order valence-corrected chi connectivity index (χ2v) is 10.3. The quantitative estimate of drug-likeness (QED) is 0.354. The lowest BCUT2D eigenvalue weighted by molar-refractivity contribution is -0.153. The number of benzene rings is 1. The number of hydrogen-bond acceptors (Lipinski definition) is 11. The minimum atomic E-state index is -2.69. The summed E-state index contributed by atoms with van der Waals surface area (Å²) in [6.07, 6.45) is 2.92. The number of Topliss-reactive ketones (excluding diaryl/α,β-unsaturated/α-hetero) is 2. The number of aliphatic hydroxyl groups excluding tert-OH is 2. The van der Waals surface area contributed by atoms with Crippen molar-refractivity contribution in [3.63, 3.8) is 0 Å². The second-order valence-electron chi connectivity index (χ2n) is 10.3. The van der Waals surface area contributed by atoms with E-state index in [9.17, 15) is 34.8 Å². The number of rotatable bonds is 4. The van der Waals surface area contributed by atoms with Crippen molar-refractivity contribution < 1.29 is 39.2 Å². The standard InChI is InChI=1S/C26H28N4O8/c1-29(2)14-9-12(25-28-5-6-38-25)19(31)16-11(14)7-10-8-13-18(30(3)4)21(33)17(24(27)36)23(35)26(13,37)22(34)15(10)20(16)32/h5-6,9-10,13,18,31-32,35,37H,7-8H2,1-4H3,(H2,27,36)/t10-,13-,18-,26-/m0/s1. The lowest BCUT2D eigenvalue weighted by atomic mass is 9.57. The van der Waals surface area contributed by atoms with Gasteiger partial charge in [-0.15, -0.1) is 0 Å². The highest BCUT2D eigenvalue weighted by Gasteiger charge is 2.64. The van der Waals surface area contributed by atoms with E-state index in [2.05, 4.69) is 4.98 Å². The molecule has 0 unspecified atom stereocenters. The molecule has 2 aromatic rings. The predicted molar refractivity (Wildman–Crippen MR) is 134 cm³/mol. The molecule has 0 spiro atoms. The molecule has 3 aliphatic rings. The second kappa shape index (κ2) is 8.43. The fourth-order valence-electron chi connectivity index (χ4n) is 6.21. The molecule has 1 fully saturated rings. The van der Waals surface area contributed by atoms with E-state index in [1.807, 2.05) is 0 Å². The van der Waals surface area contributed by atoms with Gasteiger partial charge in [-0.05, 0) is 44.5 Å². The molecule has 1 aromatic carbocycles. The summed E-state index contributed by atoms with van der Waals surface area (Å²) >= 11 is 0. The average molecular weight is 525 g/mol. The Kier molecular flexibility index (Phi) is 5.65. The monoisotopic (exact) mass is 524 g/mol. The Balaban J connectivity index is 1.78. The largest absolute Gasteiger partial charge is 0.508 e. The number of carbonyl (C=O) groups is 3. The first-order valence-corrected chi connectivity index (χ1v) is 11.9. The number of carbonyl (C=O) groups excluding carboxylic acids is 3. The van der Waals surface area contributed by atoms with Crippen LogP contribution < -0.4 is 10.6 Å². The van der Waals surface area contributed by atoms with Gasteiger partial charge in [-0.2, -0.15) is 0 Å². The van der Waals surface area contributed by atoms with Crippen LogP contribution in [0, 0.1) is 11.8 Å². The Bertz CT molecular complexity index is 1460. The van der Waals surface area contributed by atoms with Crippen molar-refractivity contribution in [3.8, 4) is 17.2 Å². The number of aliphatic hydroxyl groups is 3. The molecule has 0 bridgehead atoms. The molecule has 38 heavy (non-hydrogen) atoms. The average Bonchev–Trinajstić information content (AvgIpc) is 3.35. The third kappa shape index (κ3) is 3.23. The van der Waals surface area contributed by atoms with Crippen LogP contribution in [0.25, 0.3) is 17.2 Å². The number of phenols is 1. The van der Waals surface area contributed by atoms with Crippen molar-refractivity contribution in [1.82, 2.24) is 9.88 Å². The molecular formula is C26H28N4O8. The molecule has 1 amide bonds. The molecule has 0 aliphatic heterocycles. The molecule has 12 nitrogen and oxygen atoms in total. The number of likely N-dealkylation sites (N-methyl/N-ethyl adjacent to an activating group) is 1. The third-order valence-corrected chi connectivity index (χ3v) is 7.84. The number of anilines is 1. The predicted octanol–water partition coefficient (Wildman–Crippen LogP) is 0.685. The van der Waals surface area contributed by atoms with Crippen LogP contribution in [0.2, 0.25) is 0 Å². The first kappa shape index (κ1) is 25.5. The number of primary amides is 1. The highest BCUT2D eigenvalue weighted by Crippen LogP contribution is 2.54. The summed E-state index contributed by atoms with van der Waals surface area (Å²) in [6.45, 7) is 0. The van der Waals surface area contributed by atoms with Crippen LogP contribution in [-0.2, 0) is 20.8 Å². The van der Waals surface area contributed by atoms with Gasteiger partial charge < -0.3 is 35.5 Å². The van der Waals surface area contributed by atoms with Crippen molar-refractivity contribution >= 4 is 28.9 Å². The summed E-state index contributed by atoms with van der Waals surface area (Å²) in [5, 5.41) is 45.4. The normalized spacial score (nSPS) is 26.8.